The molecule has 1 aromatic heterocycles. The highest BCUT2D eigenvalue weighted by Gasteiger charge is 2.27. The lowest BCUT2D eigenvalue weighted by Crippen LogP contribution is -2.39. The third-order valence-corrected chi connectivity index (χ3v) is 4.84. The summed E-state index contributed by atoms with van der Waals surface area (Å²) < 4.78 is 2.03. The second-order valence-electron chi connectivity index (χ2n) is 5.62. The number of likely N-dealkylation sites (tertiary alicyclic amines) is 1. The first-order valence-electron chi connectivity index (χ1n) is 7.28. The van der Waals surface area contributed by atoms with Crippen LogP contribution in [-0.4, -0.2) is 33.4 Å². The van der Waals surface area contributed by atoms with Crippen LogP contribution in [-0.2, 0) is 7.05 Å². The van der Waals surface area contributed by atoms with E-state index in [2.05, 4.69) is 4.98 Å². The van der Waals surface area contributed by atoms with Crippen LogP contribution in [0.4, 0.5) is 0 Å². The zero-order valence-electron chi connectivity index (χ0n) is 12.3. The van der Waals surface area contributed by atoms with Gasteiger partial charge in [0.25, 0.3) is 5.91 Å². The summed E-state index contributed by atoms with van der Waals surface area (Å²) >= 11 is 11.9. The van der Waals surface area contributed by atoms with E-state index in [1.54, 1.807) is 24.4 Å². The van der Waals surface area contributed by atoms with Crippen molar-refractivity contribution in [1.29, 1.82) is 0 Å². The first kappa shape index (κ1) is 15.4. The number of aromatic nitrogens is 2. The van der Waals surface area contributed by atoms with Crippen LogP contribution in [0.25, 0.3) is 0 Å². The SMILES string of the molecule is Cn1ccnc1[C@@H]1CCCN(C(=O)c2ccc(Cl)c(Cl)c2)C1. The molecule has 22 heavy (non-hydrogen) atoms. The van der Waals surface area contributed by atoms with Crippen molar-refractivity contribution in [2.45, 2.75) is 18.8 Å². The number of carbonyl (C=O) groups is 1. The van der Waals surface area contributed by atoms with Gasteiger partial charge in [-0.2, -0.15) is 0 Å². The maximum Gasteiger partial charge on any atom is 0.253 e. The van der Waals surface area contributed by atoms with Gasteiger partial charge in [-0.15, -0.1) is 0 Å². The highest BCUT2D eigenvalue weighted by molar-refractivity contribution is 6.42. The first-order chi connectivity index (χ1) is 10.6. The minimum absolute atomic E-state index is 0.00234. The van der Waals surface area contributed by atoms with Gasteiger partial charge in [0.1, 0.15) is 5.82 Å². The molecule has 1 amide bonds. The van der Waals surface area contributed by atoms with Gasteiger partial charge in [-0.05, 0) is 31.0 Å². The highest BCUT2D eigenvalue weighted by atomic mass is 35.5. The Kier molecular flexibility index (Phi) is 4.41. The second-order valence-corrected chi connectivity index (χ2v) is 6.43. The molecule has 1 aliphatic heterocycles. The predicted molar refractivity (Wildman–Crippen MR) is 87.5 cm³/mol. The van der Waals surface area contributed by atoms with Gasteiger partial charge in [0.2, 0.25) is 0 Å². The quantitative estimate of drug-likeness (QED) is 0.836. The van der Waals surface area contributed by atoms with E-state index < -0.39 is 0 Å². The molecule has 0 spiro atoms. The third kappa shape index (κ3) is 2.99. The number of aryl methyl sites for hydroxylation is 1. The molecule has 1 saturated heterocycles. The molecule has 0 bridgehead atoms. The topological polar surface area (TPSA) is 38.1 Å². The summed E-state index contributed by atoms with van der Waals surface area (Å²) in [6.45, 7) is 1.45. The highest BCUT2D eigenvalue weighted by Crippen LogP contribution is 2.28. The molecule has 6 heteroatoms. The zero-order chi connectivity index (χ0) is 15.7. The minimum atomic E-state index is -0.00234. The van der Waals surface area contributed by atoms with Crippen molar-refractivity contribution < 1.29 is 4.79 Å². The Bertz CT molecular complexity index is 698. The first-order valence-corrected chi connectivity index (χ1v) is 8.03. The second kappa shape index (κ2) is 6.31. The molecular formula is C16H17Cl2N3O. The van der Waals surface area contributed by atoms with Crippen molar-refractivity contribution in [2.75, 3.05) is 13.1 Å². The van der Waals surface area contributed by atoms with Crippen LogP contribution in [0.1, 0.15) is 34.9 Å². The van der Waals surface area contributed by atoms with E-state index in [0.29, 0.717) is 22.2 Å². The van der Waals surface area contributed by atoms with Gasteiger partial charge in [0, 0.05) is 44.0 Å². The van der Waals surface area contributed by atoms with E-state index in [-0.39, 0.29) is 11.8 Å². The van der Waals surface area contributed by atoms with E-state index in [1.165, 1.54) is 0 Å². The fraction of sp³-hybridized carbons (Fsp3) is 0.375. The Hall–Kier alpha value is -1.52. The average molecular weight is 338 g/mol. The summed E-state index contributed by atoms with van der Waals surface area (Å²) in [5, 5.41) is 0.868. The number of halogens is 2. The molecule has 116 valence electrons. The lowest BCUT2D eigenvalue weighted by Gasteiger charge is -2.32. The fourth-order valence-corrected chi connectivity index (χ4v) is 3.25. The Morgan fingerprint density at radius 1 is 1.32 bits per heavy atom. The zero-order valence-corrected chi connectivity index (χ0v) is 13.8. The van der Waals surface area contributed by atoms with E-state index in [9.17, 15) is 4.79 Å². The summed E-state index contributed by atoms with van der Waals surface area (Å²) in [6.07, 6.45) is 5.77. The van der Waals surface area contributed by atoms with Crippen molar-refractivity contribution in [3.8, 4) is 0 Å². The summed E-state index contributed by atoms with van der Waals surface area (Å²) in [4.78, 5) is 19.0. The largest absolute Gasteiger partial charge is 0.338 e. The van der Waals surface area contributed by atoms with Crippen molar-refractivity contribution in [3.63, 3.8) is 0 Å². The van der Waals surface area contributed by atoms with Gasteiger partial charge in [0.15, 0.2) is 0 Å². The molecule has 0 radical (unpaired) electrons. The van der Waals surface area contributed by atoms with Crippen molar-refractivity contribution in [1.82, 2.24) is 14.5 Å². The van der Waals surface area contributed by atoms with Gasteiger partial charge in [-0.25, -0.2) is 4.98 Å². The molecule has 0 unspecified atom stereocenters. The maximum atomic E-state index is 12.7. The number of nitrogens with zero attached hydrogens (tertiary/aromatic N) is 3. The molecule has 2 heterocycles. The fourth-order valence-electron chi connectivity index (χ4n) is 2.95. The summed E-state index contributed by atoms with van der Waals surface area (Å²) in [7, 11) is 1.99. The molecule has 1 aromatic carbocycles. The van der Waals surface area contributed by atoms with Gasteiger partial charge in [-0.1, -0.05) is 23.2 Å². The molecule has 0 aliphatic carbocycles. The van der Waals surface area contributed by atoms with Gasteiger partial charge >= 0.3 is 0 Å². The van der Waals surface area contributed by atoms with E-state index in [0.717, 1.165) is 25.2 Å². The summed E-state index contributed by atoms with van der Waals surface area (Å²) in [5.74, 6) is 1.31. The van der Waals surface area contributed by atoms with Crippen molar-refractivity contribution >= 4 is 29.1 Å². The number of rotatable bonds is 2. The van der Waals surface area contributed by atoms with E-state index in [4.69, 9.17) is 23.2 Å². The number of carbonyl (C=O) groups excluding carboxylic acids is 1. The Morgan fingerprint density at radius 3 is 2.82 bits per heavy atom. The van der Waals surface area contributed by atoms with E-state index >= 15 is 0 Å². The molecule has 1 fully saturated rings. The van der Waals surface area contributed by atoms with Crippen molar-refractivity contribution in [2.24, 2.45) is 7.05 Å². The normalized spacial score (nSPS) is 18.5. The molecule has 3 rings (SSSR count). The smallest absolute Gasteiger partial charge is 0.253 e. The number of benzene rings is 1. The molecule has 1 atom stereocenters. The predicted octanol–water partition coefficient (Wildman–Crippen LogP) is 3.75. The molecule has 0 saturated carbocycles. The number of imidazole rings is 1. The lowest BCUT2D eigenvalue weighted by molar-refractivity contribution is 0.0703. The molecule has 0 N–H and O–H groups in total. The summed E-state index contributed by atoms with van der Waals surface area (Å²) in [6, 6.07) is 5.02. The van der Waals surface area contributed by atoms with Crippen LogP contribution in [0.2, 0.25) is 10.0 Å². The van der Waals surface area contributed by atoms with Crippen LogP contribution >= 0.6 is 23.2 Å². The van der Waals surface area contributed by atoms with E-state index in [1.807, 2.05) is 22.7 Å². The molecule has 4 nitrogen and oxygen atoms in total. The van der Waals surface area contributed by atoms with Crippen LogP contribution in [0.5, 0.6) is 0 Å². The Morgan fingerprint density at radius 2 is 2.14 bits per heavy atom. The summed E-state index contributed by atoms with van der Waals surface area (Å²) in [5.41, 5.74) is 0.579. The molecule has 1 aliphatic rings. The maximum absolute atomic E-state index is 12.7. The van der Waals surface area contributed by atoms with Crippen LogP contribution in [0, 0.1) is 0 Å². The standard InChI is InChI=1S/C16H17Cl2N3O/c1-20-8-6-19-15(20)12-3-2-7-21(10-12)16(22)11-4-5-13(17)14(18)9-11/h4-6,8-9,12H,2-3,7,10H2,1H3/t12-/m1/s1. The van der Waals surface area contributed by atoms with Crippen molar-refractivity contribution in [3.05, 3.63) is 52.0 Å². The van der Waals surface area contributed by atoms with Crippen LogP contribution in [0.15, 0.2) is 30.6 Å². The number of piperidine rings is 1. The lowest BCUT2D eigenvalue weighted by atomic mass is 9.96. The Labute approximate surface area is 139 Å². The number of amides is 1. The minimum Gasteiger partial charge on any atom is -0.338 e. The number of hydrogen-bond acceptors (Lipinski definition) is 2. The van der Waals surface area contributed by atoms with Gasteiger partial charge < -0.3 is 9.47 Å². The molecular weight excluding hydrogens is 321 g/mol. The monoisotopic (exact) mass is 337 g/mol. The van der Waals surface area contributed by atoms with Crippen LogP contribution in [0.3, 0.4) is 0 Å². The molecule has 2 aromatic rings. The Balaban J connectivity index is 1.78. The van der Waals surface area contributed by atoms with Gasteiger partial charge in [-0.3, -0.25) is 4.79 Å². The third-order valence-electron chi connectivity index (χ3n) is 4.10. The number of hydrogen-bond donors (Lipinski definition) is 0. The van der Waals surface area contributed by atoms with Gasteiger partial charge in [0.05, 0.1) is 10.0 Å². The average Bonchev–Trinajstić information content (AvgIpc) is 2.95. The van der Waals surface area contributed by atoms with Crippen LogP contribution < -0.4 is 0 Å².